The van der Waals surface area contributed by atoms with Gasteiger partial charge < -0.3 is 14.4 Å². The Morgan fingerprint density at radius 1 is 1.14 bits per heavy atom. The lowest BCUT2D eigenvalue weighted by Crippen LogP contribution is -2.20. The molecule has 6 nitrogen and oxygen atoms in total. The highest BCUT2D eigenvalue weighted by Crippen LogP contribution is 2.17. The molecule has 0 aliphatic rings. The summed E-state index contributed by atoms with van der Waals surface area (Å²) in [7, 11) is 3.52. The van der Waals surface area contributed by atoms with Crippen LogP contribution in [0.2, 0.25) is 5.28 Å². The molecule has 0 unspecified atom stereocenters. The predicted octanol–water partition coefficient (Wildman–Crippen LogP) is 2.57. The van der Waals surface area contributed by atoms with Crippen LogP contribution in [0.5, 0.6) is 11.8 Å². The van der Waals surface area contributed by atoms with Crippen LogP contribution in [-0.4, -0.2) is 35.7 Å². The molecular weight excluding hydrogens is 292 g/mol. The summed E-state index contributed by atoms with van der Waals surface area (Å²) < 4.78 is 10.4. The lowest BCUT2D eigenvalue weighted by atomic mass is 10.2. The second-order valence-corrected chi connectivity index (χ2v) is 4.66. The van der Waals surface area contributed by atoms with Gasteiger partial charge in [-0.3, -0.25) is 0 Å². The molecule has 0 aliphatic heterocycles. The molecule has 0 bridgehead atoms. The Morgan fingerprint density at radius 3 is 2.48 bits per heavy atom. The summed E-state index contributed by atoms with van der Waals surface area (Å²) in [5.74, 6) is 1.29. The highest BCUT2D eigenvalue weighted by molar-refractivity contribution is 6.28. The van der Waals surface area contributed by atoms with E-state index in [1.807, 2.05) is 43.1 Å². The first-order valence-corrected chi connectivity index (χ1v) is 6.88. The SMILES string of the molecule is CCOc1nc(Cl)nc(N(C)Cc2ccc(OC)cc2)n1. The molecule has 0 radical (unpaired) electrons. The summed E-state index contributed by atoms with van der Waals surface area (Å²) in [4.78, 5) is 14.1. The van der Waals surface area contributed by atoms with Crippen molar-refractivity contribution in [1.82, 2.24) is 15.0 Å². The quantitative estimate of drug-likeness (QED) is 0.817. The Hall–Kier alpha value is -2.08. The first-order chi connectivity index (χ1) is 10.1. The summed E-state index contributed by atoms with van der Waals surface area (Å²) >= 11 is 5.89. The van der Waals surface area contributed by atoms with Crippen molar-refractivity contribution in [2.24, 2.45) is 0 Å². The van der Waals surface area contributed by atoms with Gasteiger partial charge >= 0.3 is 6.01 Å². The Labute approximate surface area is 128 Å². The Bertz CT molecular complexity index is 592. The van der Waals surface area contributed by atoms with Crippen LogP contribution in [0.15, 0.2) is 24.3 Å². The van der Waals surface area contributed by atoms with Gasteiger partial charge in [0, 0.05) is 13.6 Å². The maximum atomic E-state index is 5.89. The molecule has 1 heterocycles. The molecule has 0 fully saturated rings. The minimum atomic E-state index is 0.116. The third-order valence-corrected chi connectivity index (χ3v) is 2.94. The summed E-state index contributed by atoms with van der Waals surface area (Å²) in [6, 6.07) is 8.03. The van der Waals surface area contributed by atoms with Gasteiger partial charge in [-0.25, -0.2) is 0 Å². The number of benzene rings is 1. The van der Waals surface area contributed by atoms with E-state index in [0.717, 1.165) is 11.3 Å². The van der Waals surface area contributed by atoms with Gasteiger partial charge in [0.1, 0.15) is 5.75 Å². The van der Waals surface area contributed by atoms with Gasteiger partial charge in [-0.2, -0.15) is 15.0 Å². The number of methoxy groups -OCH3 is 1. The van der Waals surface area contributed by atoms with Crippen molar-refractivity contribution in [2.45, 2.75) is 13.5 Å². The Morgan fingerprint density at radius 2 is 1.86 bits per heavy atom. The average Bonchev–Trinajstić information content (AvgIpc) is 2.48. The first kappa shape index (κ1) is 15.3. The zero-order valence-electron chi connectivity index (χ0n) is 12.2. The lowest BCUT2D eigenvalue weighted by Gasteiger charge is -2.17. The molecule has 0 saturated carbocycles. The molecule has 0 amide bonds. The largest absolute Gasteiger partial charge is 0.497 e. The van der Waals surface area contributed by atoms with E-state index in [4.69, 9.17) is 21.1 Å². The van der Waals surface area contributed by atoms with Crippen molar-refractivity contribution < 1.29 is 9.47 Å². The van der Waals surface area contributed by atoms with Crippen LogP contribution in [0.3, 0.4) is 0 Å². The molecule has 21 heavy (non-hydrogen) atoms. The van der Waals surface area contributed by atoms with E-state index in [9.17, 15) is 0 Å². The summed E-state index contributed by atoms with van der Waals surface area (Å²) in [6.45, 7) is 2.97. The standard InChI is InChI=1S/C14H17ClN4O2/c1-4-21-14-17-12(15)16-13(18-14)19(2)9-10-5-7-11(20-3)8-6-10/h5-8H,4,9H2,1-3H3. The molecule has 2 aromatic rings. The number of ether oxygens (including phenoxy) is 2. The fourth-order valence-corrected chi connectivity index (χ4v) is 1.91. The number of nitrogens with zero attached hydrogens (tertiary/aromatic N) is 4. The molecular formula is C14H17ClN4O2. The van der Waals surface area contributed by atoms with Crippen LogP contribution in [0.1, 0.15) is 12.5 Å². The molecule has 0 aliphatic carbocycles. The van der Waals surface area contributed by atoms with Crippen LogP contribution < -0.4 is 14.4 Å². The summed E-state index contributed by atoms with van der Waals surface area (Å²) in [5, 5.41) is 0.116. The average molecular weight is 309 g/mol. The van der Waals surface area contributed by atoms with Gasteiger partial charge in [0.05, 0.1) is 13.7 Å². The van der Waals surface area contributed by atoms with Crippen molar-refractivity contribution >= 4 is 17.5 Å². The maximum Gasteiger partial charge on any atom is 0.322 e. The van der Waals surface area contributed by atoms with E-state index >= 15 is 0 Å². The molecule has 112 valence electrons. The highest BCUT2D eigenvalue weighted by Gasteiger charge is 2.10. The van der Waals surface area contributed by atoms with Crippen LogP contribution in [0.25, 0.3) is 0 Å². The number of aromatic nitrogens is 3. The van der Waals surface area contributed by atoms with Gasteiger partial charge in [-0.05, 0) is 36.2 Å². The zero-order chi connectivity index (χ0) is 15.2. The van der Waals surface area contributed by atoms with E-state index in [0.29, 0.717) is 19.1 Å². The molecule has 0 N–H and O–H groups in total. The van der Waals surface area contributed by atoms with Gasteiger partial charge in [0.2, 0.25) is 11.2 Å². The fourth-order valence-electron chi connectivity index (χ4n) is 1.76. The Kier molecular flexibility index (Phi) is 5.16. The van der Waals surface area contributed by atoms with E-state index in [2.05, 4.69) is 15.0 Å². The van der Waals surface area contributed by atoms with Gasteiger partial charge in [-0.1, -0.05) is 12.1 Å². The smallest absolute Gasteiger partial charge is 0.322 e. The number of halogens is 1. The maximum absolute atomic E-state index is 5.89. The van der Waals surface area contributed by atoms with Crippen molar-refractivity contribution in [3.8, 4) is 11.8 Å². The van der Waals surface area contributed by atoms with Crippen LogP contribution >= 0.6 is 11.6 Å². The van der Waals surface area contributed by atoms with Crippen LogP contribution in [0, 0.1) is 0 Å². The van der Waals surface area contributed by atoms with Crippen molar-refractivity contribution in [3.63, 3.8) is 0 Å². The number of hydrogen-bond acceptors (Lipinski definition) is 6. The lowest BCUT2D eigenvalue weighted by molar-refractivity contribution is 0.311. The molecule has 0 atom stereocenters. The van der Waals surface area contributed by atoms with Crippen LogP contribution in [0.4, 0.5) is 5.95 Å². The Balaban J connectivity index is 2.13. The van der Waals surface area contributed by atoms with E-state index in [1.165, 1.54) is 0 Å². The molecule has 2 rings (SSSR count). The van der Waals surface area contributed by atoms with E-state index < -0.39 is 0 Å². The number of hydrogen-bond donors (Lipinski definition) is 0. The molecule has 0 saturated heterocycles. The topological polar surface area (TPSA) is 60.4 Å². The van der Waals surface area contributed by atoms with Crippen molar-refractivity contribution in [2.75, 3.05) is 25.7 Å². The first-order valence-electron chi connectivity index (χ1n) is 6.50. The van der Waals surface area contributed by atoms with E-state index in [1.54, 1.807) is 7.11 Å². The normalized spacial score (nSPS) is 10.3. The van der Waals surface area contributed by atoms with Gasteiger partial charge in [0.25, 0.3) is 0 Å². The zero-order valence-corrected chi connectivity index (χ0v) is 13.0. The van der Waals surface area contributed by atoms with Crippen molar-refractivity contribution in [1.29, 1.82) is 0 Å². The monoisotopic (exact) mass is 308 g/mol. The number of rotatable bonds is 6. The predicted molar refractivity (Wildman–Crippen MR) is 81.1 cm³/mol. The summed E-state index contributed by atoms with van der Waals surface area (Å²) in [6.07, 6.45) is 0. The molecule has 1 aromatic heterocycles. The van der Waals surface area contributed by atoms with Gasteiger partial charge in [0.15, 0.2) is 0 Å². The van der Waals surface area contributed by atoms with E-state index in [-0.39, 0.29) is 11.3 Å². The van der Waals surface area contributed by atoms with Gasteiger partial charge in [-0.15, -0.1) is 0 Å². The van der Waals surface area contributed by atoms with Crippen LogP contribution in [-0.2, 0) is 6.54 Å². The second kappa shape index (κ2) is 7.08. The molecule has 7 heteroatoms. The third-order valence-electron chi connectivity index (χ3n) is 2.77. The summed E-state index contributed by atoms with van der Waals surface area (Å²) in [5.41, 5.74) is 1.10. The minimum Gasteiger partial charge on any atom is -0.497 e. The third kappa shape index (κ3) is 4.19. The fraction of sp³-hybridized carbons (Fsp3) is 0.357. The molecule has 1 aromatic carbocycles. The minimum absolute atomic E-state index is 0.116. The second-order valence-electron chi connectivity index (χ2n) is 4.32. The number of anilines is 1. The van der Waals surface area contributed by atoms with Crippen molar-refractivity contribution in [3.05, 3.63) is 35.1 Å². The highest BCUT2D eigenvalue weighted by atomic mass is 35.5. The molecule has 0 spiro atoms.